The van der Waals surface area contributed by atoms with Crippen molar-refractivity contribution in [2.45, 2.75) is 32.2 Å². The molecule has 0 aliphatic carbocycles. The number of hydrogen-bond donors (Lipinski definition) is 1. The monoisotopic (exact) mass is 257 g/mol. The van der Waals surface area contributed by atoms with E-state index in [4.69, 9.17) is 10.5 Å². The zero-order valence-corrected chi connectivity index (χ0v) is 11.9. The van der Waals surface area contributed by atoms with Gasteiger partial charge in [0.2, 0.25) is 5.91 Å². The standard InChI is InChI=1S/C13H27N3O2/c1-13(2,11-14)16-8-6-15(7-9-16)12(17)5-4-10-18-3/h4-11,14H2,1-3H3. The van der Waals surface area contributed by atoms with E-state index in [0.29, 0.717) is 19.6 Å². The summed E-state index contributed by atoms with van der Waals surface area (Å²) in [5, 5.41) is 0. The lowest BCUT2D eigenvalue weighted by Crippen LogP contribution is -2.58. The van der Waals surface area contributed by atoms with Gasteiger partial charge in [-0.2, -0.15) is 0 Å². The van der Waals surface area contributed by atoms with Crippen LogP contribution in [-0.4, -0.2) is 67.7 Å². The Morgan fingerprint density at radius 2 is 1.89 bits per heavy atom. The number of rotatable bonds is 6. The van der Waals surface area contributed by atoms with Gasteiger partial charge in [0.05, 0.1) is 0 Å². The van der Waals surface area contributed by atoms with Gasteiger partial charge in [-0.1, -0.05) is 0 Å². The largest absolute Gasteiger partial charge is 0.385 e. The summed E-state index contributed by atoms with van der Waals surface area (Å²) in [7, 11) is 1.66. The van der Waals surface area contributed by atoms with E-state index < -0.39 is 0 Å². The van der Waals surface area contributed by atoms with Crippen molar-refractivity contribution in [1.82, 2.24) is 9.80 Å². The molecule has 1 amide bonds. The van der Waals surface area contributed by atoms with Crippen molar-refractivity contribution in [3.63, 3.8) is 0 Å². The predicted octanol–water partition coefficient (Wildman–Crippen LogP) is 0.295. The fraction of sp³-hybridized carbons (Fsp3) is 0.923. The molecule has 0 bridgehead atoms. The molecule has 1 heterocycles. The molecule has 1 aliphatic rings. The van der Waals surface area contributed by atoms with E-state index >= 15 is 0 Å². The molecule has 0 aromatic carbocycles. The maximum Gasteiger partial charge on any atom is 0.222 e. The van der Waals surface area contributed by atoms with Gasteiger partial charge in [-0.05, 0) is 20.3 Å². The van der Waals surface area contributed by atoms with Gasteiger partial charge >= 0.3 is 0 Å². The third-order valence-corrected chi connectivity index (χ3v) is 3.73. The van der Waals surface area contributed by atoms with Gasteiger partial charge < -0.3 is 15.4 Å². The molecule has 1 aliphatic heterocycles. The summed E-state index contributed by atoms with van der Waals surface area (Å²) >= 11 is 0. The minimum atomic E-state index is 0.0329. The van der Waals surface area contributed by atoms with Gasteiger partial charge in [0, 0.05) is 58.4 Å². The first-order valence-electron chi connectivity index (χ1n) is 6.73. The smallest absolute Gasteiger partial charge is 0.222 e. The van der Waals surface area contributed by atoms with Crippen molar-refractivity contribution in [3.05, 3.63) is 0 Å². The Morgan fingerprint density at radius 1 is 1.28 bits per heavy atom. The maximum absolute atomic E-state index is 11.9. The highest BCUT2D eigenvalue weighted by atomic mass is 16.5. The first-order chi connectivity index (χ1) is 8.51. The fourth-order valence-electron chi connectivity index (χ4n) is 2.22. The van der Waals surface area contributed by atoms with Crippen molar-refractivity contribution in [2.24, 2.45) is 5.73 Å². The number of nitrogens with zero attached hydrogens (tertiary/aromatic N) is 2. The van der Waals surface area contributed by atoms with E-state index in [9.17, 15) is 4.79 Å². The van der Waals surface area contributed by atoms with Crippen molar-refractivity contribution in [1.29, 1.82) is 0 Å². The molecule has 0 spiro atoms. The molecular formula is C13H27N3O2. The van der Waals surface area contributed by atoms with E-state index in [0.717, 1.165) is 32.6 Å². The van der Waals surface area contributed by atoms with E-state index in [-0.39, 0.29) is 11.4 Å². The Kier molecular flexibility index (Phi) is 6.05. The van der Waals surface area contributed by atoms with Crippen molar-refractivity contribution in [3.8, 4) is 0 Å². The topological polar surface area (TPSA) is 58.8 Å². The van der Waals surface area contributed by atoms with E-state index in [1.54, 1.807) is 7.11 Å². The Bertz CT molecular complexity index is 261. The molecule has 0 aromatic rings. The van der Waals surface area contributed by atoms with Gasteiger partial charge in [0.15, 0.2) is 0 Å². The first-order valence-corrected chi connectivity index (χ1v) is 6.73. The predicted molar refractivity (Wildman–Crippen MR) is 72.4 cm³/mol. The number of methoxy groups -OCH3 is 1. The number of carbonyl (C=O) groups is 1. The van der Waals surface area contributed by atoms with Crippen molar-refractivity contribution < 1.29 is 9.53 Å². The summed E-state index contributed by atoms with van der Waals surface area (Å²) < 4.78 is 4.96. The quantitative estimate of drug-likeness (QED) is 0.695. The van der Waals surface area contributed by atoms with Crippen LogP contribution in [0.15, 0.2) is 0 Å². The number of amides is 1. The van der Waals surface area contributed by atoms with Crippen molar-refractivity contribution in [2.75, 3.05) is 46.4 Å². The molecule has 0 aromatic heterocycles. The molecule has 18 heavy (non-hydrogen) atoms. The van der Waals surface area contributed by atoms with E-state index in [1.165, 1.54) is 0 Å². The number of piperazine rings is 1. The van der Waals surface area contributed by atoms with Crippen LogP contribution in [0.3, 0.4) is 0 Å². The van der Waals surface area contributed by atoms with Gasteiger partial charge in [-0.3, -0.25) is 9.69 Å². The number of nitrogens with two attached hydrogens (primary N) is 1. The van der Waals surface area contributed by atoms with Crippen LogP contribution < -0.4 is 5.73 Å². The summed E-state index contributed by atoms with van der Waals surface area (Å²) in [6.45, 7) is 9.08. The molecule has 2 N–H and O–H groups in total. The summed E-state index contributed by atoms with van der Waals surface area (Å²) in [5.74, 6) is 0.247. The zero-order chi connectivity index (χ0) is 13.6. The van der Waals surface area contributed by atoms with Crippen LogP contribution in [0.5, 0.6) is 0 Å². The van der Waals surface area contributed by atoms with Gasteiger partial charge in [-0.25, -0.2) is 0 Å². The number of hydrogen-bond acceptors (Lipinski definition) is 4. The lowest BCUT2D eigenvalue weighted by atomic mass is 10.0. The first kappa shape index (κ1) is 15.4. The number of carbonyl (C=O) groups excluding carboxylic acids is 1. The third-order valence-electron chi connectivity index (χ3n) is 3.73. The summed E-state index contributed by atoms with van der Waals surface area (Å²) in [4.78, 5) is 16.3. The molecule has 106 valence electrons. The van der Waals surface area contributed by atoms with Crippen LogP contribution >= 0.6 is 0 Å². The third kappa shape index (κ3) is 4.23. The normalized spacial score (nSPS) is 18.1. The lowest BCUT2D eigenvalue weighted by Gasteiger charge is -2.43. The van der Waals surface area contributed by atoms with Crippen LogP contribution in [0.4, 0.5) is 0 Å². The van der Waals surface area contributed by atoms with Crippen molar-refractivity contribution >= 4 is 5.91 Å². The van der Waals surface area contributed by atoms with Gasteiger partial charge in [0.25, 0.3) is 0 Å². The Morgan fingerprint density at radius 3 is 2.39 bits per heavy atom. The minimum Gasteiger partial charge on any atom is -0.385 e. The van der Waals surface area contributed by atoms with Gasteiger partial charge in [0.1, 0.15) is 0 Å². The molecule has 1 rings (SSSR count). The second-order valence-electron chi connectivity index (χ2n) is 5.48. The second-order valence-corrected chi connectivity index (χ2v) is 5.48. The Labute approximate surface area is 110 Å². The number of ether oxygens (including phenoxy) is 1. The Hall–Kier alpha value is -0.650. The molecule has 0 radical (unpaired) electrons. The highest BCUT2D eigenvalue weighted by molar-refractivity contribution is 5.76. The van der Waals surface area contributed by atoms with Crippen LogP contribution in [0.25, 0.3) is 0 Å². The van der Waals surface area contributed by atoms with Crippen LogP contribution in [-0.2, 0) is 9.53 Å². The molecule has 1 fully saturated rings. The summed E-state index contributed by atoms with van der Waals surface area (Å²) in [6.07, 6.45) is 1.40. The molecule has 0 saturated carbocycles. The van der Waals surface area contributed by atoms with Crippen LogP contribution in [0, 0.1) is 0 Å². The minimum absolute atomic E-state index is 0.0329. The fourth-order valence-corrected chi connectivity index (χ4v) is 2.22. The zero-order valence-electron chi connectivity index (χ0n) is 11.9. The van der Waals surface area contributed by atoms with E-state index in [2.05, 4.69) is 18.7 Å². The summed E-state index contributed by atoms with van der Waals surface area (Å²) in [5.41, 5.74) is 5.81. The highest BCUT2D eigenvalue weighted by Crippen LogP contribution is 2.16. The molecule has 5 nitrogen and oxygen atoms in total. The van der Waals surface area contributed by atoms with Gasteiger partial charge in [-0.15, -0.1) is 0 Å². The Balaban J connectivity index is 2.32. The van der Waals surface area contributed by atoms with Crippen LogP contribution in [0.2, 0.25) is 0 Å². The molecule has 1 saturated heterocycles. The highest BCUT2D eigenvalue weighted by Gasteiger charge is 2.29. The second kappa shape index (κ2) is 7.07. The SMILES string of the molecule is COCCCC(=O)N1CCN(C(C)(C)CN)CC1. The summed E-state index contributed by atoms with van der Waals surface area (Å²) in [6, 6.07) is 0. The lowest BCUT2D eigenvalue weighted by molar-refractivity contribution is -0.134. The molecule has 5 heteroatoms. The maximum atomic E-state index is 11.9. The average molecular weight is 257 g/mol. The molecular weight excluding hydrogens is 230 g/mol. The van der Waals surface area contributed by atoms with E-state index in [1.807, 2.05) is 4.90 Å². The van der Waals surface area contributed by atoms with Crippen LogP contribution in [0.1, 0.15) is 26.7 Å². The average Bonchev–Trinajstić information content (AvgIpc) is 2.39. The molecule has 0 atom stereocenters. The molecule has 0 unspecified atom stereocenters.